The smallest absolute Gasteiger partial charge is 0.0565 e. The molecule has 12 heavy (non-hydrogen) atoms. The summed E-state index contributed by atoms with van der Waals surface area (Å²) >= 11 is 0. The monoisotopic (exact) mass is 192 g/mol. The average molecular weight is 192 g/mol. The molecule has 1 N–H and O–H groups in total. The standard InChI is InChI=1S/C8H20P.CHO2/c1-5-9(6-2,7-3)8-4;2-1-3/h5-8H2,1-4H3;(H,2,3)/q+1;-1. The van der Waals surface area contributed by atoms with Crippen molar-refractivity contribution in [3.05, 3.63) is 0 Å². The number of hydrogen-bond acceptors (Lipinski definition) is 1. The molecule has 0 aliphatic rings. The Bertz CT molecular complexity index is 83.2. The first kappa shape index (κ1) is 14.4. The van der Waals surface area contributed by atoms with Crippen LogP contribution in [0.5, 0.6) is 0 Å². The van der Waals surface area contributed by atoms with Gasteiger partial charge in [-0.1, -0.05) is 6.47 Å². The molecule has 0 unspecified atom stereocenters. The lowest BCUT2D eigenvalue weighted by Gasteiger charge is -2.20. The largest absolute Gasteiger partial charge is 0.665 e. The fourth-order valence-corrected chi connectivity index (χ4v) is 4.02. The third kappa shape index (κ3) is 5.54. The van der Waals surface area contributed by atoms with E-state index in [1.54, 1.807) is 0 Å². The highest BCUT2D eigenvalue weighted by Crippen LogP contribution is 2.57. The first-order valence-corrected chi connectivity index (χ1v) is 7.05. The highest BCUT2D eigenvalue weighted by atomic mass is 31.2. The van der Waals surface area contributed by atoms with E-state index in [1.165, 1.54) is 24.6 Å². The number of hydrogen-bond donors (Lipinski definition) is 1. The van der Waals surface area contributed by atoms with Crippen molar-refractivity contribution in [2.45, 2.75) is 27.7 Å². The summed E-state index contributed by atoms with van der Waals surface area (Å²) in [6, 6.07) is 0. The zero-order chi connectivity index (χ0) is 10.0. The van der Waals surface area contributed by atoms with Gasteiger partial charge < -0.3 is 9.90 Å². The molecule has 0 bridgehead atoms. The van der Waals surface area contributed by atoms with E-state index in [1.807, 2.05) is 0 Å². The van der Waals surface area contributed by atoms with Gasteiger partial charge in [-0.2, -0.15) is 0 Å². The molecule has 0 atom stereocenters. The summed E-state index contributed by atoms with van der Waals surface area (Å²) < 4.78 is 0. The molecule has 0 saturated heterocycles. The fraction of sp³-hybridized carbons (Fsp3) is 0.889. The summed E-state index contributed by atoms with van der Waals surface area (Å²) in [5, 5.41) is 6.76. The molecule has 0 heterocycles. The van der Waals surface area contributed by atoms with Gasteiger partial charge in [0.2, 0.25) is 0 Å². The molecule has 0 aromatic heterocycles. The van der Waals surface area contributed by atoms with Crippen LogP contribution >= 0.6 is 7.26 Å². The van der Waals surface area contributed by atoms with Gasteiger partial charge in [0.15, 0.2) is 0 Å². The van der Waals surface area contributed by atoms with E-state index in [-0.39, 0.29) is 0 Å². The quantitative estimate of drug-likeness (QED) is 0.549. The first-order valence-electron chi connectivity index (χ1n) is 4.52. The highest BCUT2D eigenvalue weighted by Gasteiger charge is 2.27. The van der Waals surface area contributed by atoms with Crippen molar-refractivity contribution in [1.29, 1.82) is 0 Å². The minimum absolute atomic E-state index is 0.420. The molecule has 0 saturated carbocycles. The maximum absolute atomic E-state index is 8.24. The van der Waals surface area contributed by atoms with Crippen molar-refractivity contribution in [1.82, 2.24) is 0 Å². The maximum atomic E-state index is 8.24. The molecule has 0 aromatic carbocycles. The SMILES string of the molecule is CC[P+](CC)(CC)CC.O=[C-]O. The predicted octanol–water partition coefficient (Wildman–Crippen LogP) is 2.70. The Morgan fingerprint density at radius 2 is 1.17 bits per heavy atom. The van der Waals surface area contributed by atoms with Crippen molar-refractivity contribution in [3.63, 3.8) is 0 Å². The van der Waals surface area contributed by atoms with Crippen molar-refractivity contribution in [3.8, 4) is 0 Å². The highest BCUT2D eigenvalue weighted by molar-refractivity contribution is 7.75. The zero-order valence-electron chi connectivity index (χ0n) is 8.63. The number of aliphatic hydroxyl groups excluding tert-OH is 1. The van der Waals surface area contributed by atoms with E-state index in [9.17, 15) is 0 Å². The zero-order valence-corrected chi connectivity index (χ0v) is 9.53. The molecule has 3 heteroatoms. The van der Waals surface area contributed by atoms with Crippen LogP contribution in [0.1, 0.15) is 27.7 Å². The van der Waals surface area contributed by atoms with Crippen molar-refractivity contribution >= 4 is 13.7 Å². The third-order valence-corrected chi connectivity index (χ3v) is 8.05. The molecule has 0 aliphatic heterocycles. The van der Waals surface area contributed by atoms with Crippen LogP contribution in [0.3, 0.4) is 0 Å². The topological polar surface area (TPSA) is 37.3 Å². The summed E-state index contributed by atoms with van der Waals surface area (Å²) in [5.41, 5.74) is 0. The third-order valence-electron chi connectivity index (χ3n) is 2.68. The van der Waals surface area contributed by atoms with Gasteiger partial charge >= 0.3 is 0 Å². The van der Waals surface area contributed by atoms with Gasteiger partial charge in [0.05, 0.1) is 24.6 Å². The Morgan fingerprint density at radius 3 is 1.17 bits per heavy atom. The maximum Gasteiger partial charge on any atom is 0.0565 e. The summed E-state index contributed by atoms with van der Waals surface area (Å²) in [5.74, 6) is 0. The Kier molecular flexibility index (Phi) is 10.8. The summed E-state index contributed by atoms with van der Waals surface area (Å²) in [6.45, 7) is 9.91. The number of rotatable bonds is 4. The van der Waals surface area contributed by atoms with E-state index in [2.05, 4.69) is 27.7 Å². The molecule has 2 nitrogen and oxygen atoms in total. The molecule has 0 aliphatic carbocycles. The van der Waals surface area contributed by atoms with Gasteiger partial charge in [-0.15, -0.1) is 0 Å². The van der Waals surface area contributed by atoms with Crippen LogP contribution in [0.2, 0.25) is 0 Å². The van der Waals surface area contributed by atoms with Gasteiger partial charge in [-0.25, -0.2) is 0 Å². The van der Waals surface area contributed by atoms with Crippen LogP contribution in [-0.2, 0) is 4.79 Å². The van der Waals surface area contributed by atoms with E-state index < -0.39 is 7.26 Å². The second kappa shape index (κ2) is 8.99. The van der Waals surface area contributed by atoms with E-state index in [4.69, 9.17) is 9.90 Å². The van der Waals surface area contributed by atoms with Gasteiger partial charge in [0, 0.05) is 7.26 Å². The van der Waals surface area contributed by atoms with Crippen LogP contribution < -0.4 is 0 Å². The second-order valence-electron chi connectivity index (χ2n) is 2.70. The molecule has 0 aromatic rings. The Hall–Kier alpha value is -0.100. The van der Waals surface area contributed by atoms with E-state index in [0.29, 0.717) is 6.47 Å². The van der Waals surface area contributed by atoms with Crippen LogP contribution in [0, 0.1) is 0 Å². The molecule has 0 spiro atoms. The summed E-state index contributed by atoms with van der Waals surface area (Å²) in [6.07, 6.45) is 5.82. The summed E-state index contributed by atoms with van der Waals surface area (Å²) in [7, 11) is -0.420. The van der Waals surface area contributed by atoms with Crippen LogP contribution in [0.4, 0.5) is 0 Å². The minimum Gasteiger partial charge on any atom is -0.665 e. The Morgan fingerprint density at radius 1 is 1.00 bits per heavy atom. The van der Waals surface area contributed by atoms with Gasteiger partial charge in [-0.05, 0) is 27.7 Å². The molecule has 0 fully saturated rings. The first-order chi connectivity index (χ1) is 5.66. The van der Waals surface area contributed by atoms with Gasteiger partial charge in [0.25, 0.3) is 0 Å². The van der Waals surface area contributed by atoms with Crippen molar-refractivity contribution < 1.29 is 9.90 Å². The Labute approximate surface area is 76.7 Å². The molecule has 0 amide bonds. The summed E-state index contributed by atoms with van der Waals surface area (Å²) in [4.78, 5) is 8.24. The molecular weight excluding hydrogens is 171 g/mol. The Balaban J connectivity index is 0. The van der Waals surface area contributed by atoms with Gasteiger partial charge in [0.1, 0.15) is 0 Å². The molecule has 0 rings (SSSR count). The molecular formula is C9H21O2P. The molecule has 74 valence electrons. The van der Waals surface area contributed by atoms with Crippen LogP contribution in [0.15, 0.2) is 0 Å². The lowest BCUT2D eigenvalue weighted by Crippen LogP contribution is -2.04. The molecule has 0 radical (unpaired) electrons. The van der Waals surface area contributed by atoms with Crippen molar-refractivity contribution in [2.24, 2.45) is 0 Å². The normalized spacial score (nSPS) is 10.0. The lowest BCUT2D eigenvalue weighted by molar-refractivity contribution is 0.437. The lowest BCUT2D eigenvalue weighted by atomic mass is 10.9. The van der Waals surface area contributed by atoms with E-state index in [0.717, 1.165) is 0 Å². The predicted molar refractivity (Wildman–Crippen MR) is 57.4 cm³/mol. The van der Waals surface area contributed by atoms with Crippen LogP contribution in [-0.4, -0.2) is 36.2 Å². The fourth-order valence-electron chi connectivity index (χ4n) is 1.34. The van der Waals surface area contributed by atoms with Gasteiger partial charge in [-0.3, -0.25) is 0 Å². The minimum atomic E-state index is -0.420. The van der Waals surface area contributed by atoms with Crippen LogP contribution in [0.25, 0.3) is 0 Å². The van der Waals surface area contributed by atoms with E-state index >= 15 is 0 Å². The van der Waals surface area contributed by atoms with Crippen molar-refractivity contribution in [2.75, 3.05) is 24.6 Å². The average Bonchev–Trinajstić information content (AvgIpc) is 2.11. The second-order valence-corrected chi connectivity index (χ2v) is 7.91.